The monoisotopic (exact) mass is 388 g/mol. The van der Waals surface area contributed by atoms with Gasteiger partial charge in [-0.15, -0.1) is 0 Å². The molecule has 0 spiro atoms. The summed E-state index contributed by atoms with van der Waals surface area (Å²) in [5, 5.41) is 12.8. The van der Waals surface area contributed by atoms with Crippen LogP contribution >= 0.6 is 11.3 Å². The van der Waals surface area contributed by atoms with Gasteiger partial charge in [-0.2, -0.15) is 11.3 Å². The van der Waals surface area contributed by atoms with E-state index < -0.39 is 0 Å². The Bertz CT molecular complexity index is 772. The molecule has 0 unspecified atom stereocenters. The lowest BCUT2D eigenvalue weighted by molar-refractivity contribution is -0.118. The van der Waals surface area contributed by atoms with E-state index in [1.165, 1.54) is 5.56 Å². The summed E-state index contributed by atoms with van der Waals surface area (Å²) in [5.74, 6) is -0.162. The number of benzene rings is 1. The van der Waals surface area contributed by atoms with Gasteiger partial charge in [0.05, 0.1) is 6.04 Å². The number of carbonyl (C=O) groups excluding carboxylic acids is 2. The Morgan fingerprint density at radius 2 is 1.89 bits per heavy atom. The van der Waals surface area contributed by atoms with Crippen molar-refractivity contribution >= 4 is 34.6 Å². The number of anilines is 2. The summed E-state index contributed by atoms with van der Waals surface area (Å²) in [5.41, 5.74) is 3.44. The molecule has 1 atom stereocenters. The van der Waals surface area contributed by atoms with E-state index in [-0.39, 0.29) is 23.9 Å². The number of rotatable bonds is 7. The zero-order chi connectivity index (χ0) is 20.0. The lowest BCUT2D eigenvalue weighted by atomic mass is 10.1. The fourth-order valence-electron chi connectivity index (χ4n) is 2.54. The SMILES string of the molecule is Cc1ccc(NC(=O)C(C)C)cc1NC(=O)NC[C@H](c1ccsc1)N(C)C. The van der Waals surface area contributed by atoms with Crippen LogP contribution in [0.2, 0.25) is 0 Å². The van der Waals surface area contributed by atoms with Gasteiger partial charge in [-0.3, -0.25) is 4.79 Å². The van der Waals surface area contributed by atoms with E-state index in [1.54, 1.807) is 17.4 Å². The third-order valence-corrected chi connectivity index (χ3v) is 4.99. The molecule has 1 heterocycles. The summed E-state index contributed by atoms with van der Waals surface area (Å²) in [6.45, 7) is 6.09. The Morgan fingerprint density at radius 1 is 1.15 bits per heavy atom. The molecule has 146 valence electrons. The maximum Gasteiger partial charge on any atom is 0.319 e. The first kappa shape index (κ1) is 20.9. The summed E-state index contributed by atoms with van der Waals surface area (Å²) in [6.07, 6.45) is 0. The fourth-order valence-corrected chi connectivity index (χ4v) is 3.25. The number of hydrogen-bond acceptors (Lipinski definition) is 4. The molecule has 1 aromatic heterocycles. The second-order valence-corrected chi connectivity index (χ2v) is 7.82. The molecule has 6 nitrogen and oxygen atoms in total. The Balaban J connectivity index is 1.99. The van der Waals surface area contributed by atoms with Crippen LogP contribution < -0.4 is 16.0 Å². The van der Waals surface area contributed by atoms with Crippen molar-refractivity contribution < 1.29 is 9.59 Å². The van der Waals surface area contributed by atoms with Gasteiger partial charge in [-0.05, 0) is 61.1 Å². The number of urea groups is 1. The van der Waals surface area contributed by atoms with Gasteiger partial charge in [-0.1, -0.05) is 19.9 Å². The van der Waals surface area contributed by atoms with Crippen molar-refractivity contribution in [3.63, 3.8) is 0 Å². The number of thiophene rings is 1. The molecule has 2 rings (SSSR count). The van der Waals surface area contributed by atoms with Crippen molar-refractivity contribution in [1.82, 2.24) is 10.2 Å². The summed E-state index contributed by atoms with van der Waals surface area (Å²) in [7, 11) is 3.99. The lowest BCUT2D eigenvalue weighted by Crippen LogP contribution is -2.36. The van der Waals surface area contributed by atoms with Gasteiger partial charge in [0.1, 0.15) is 0 Å². The van der Waals surface area contributed by atoms with Crippen molar-refractivity contribution in [2.24, 2.45) is 5.92 Å². The quantitative estimate of drug-likeness (QED) is 0.669. The summed E-state index contributed by atoms with van der Waals surface area (Å²) < 4.78 is 0. The molecule has 1 aromatic carbocycles. The first-order valence-corrected chi connectivity index (χ1v) is 9.87. The van der Waals surface area contributed by atoms with E-state index >= 15 is 0 Å². The molecule has 3 N–H and O–H groups in total. The molecule has 0 saturated heterocycles. The van der Waals surface area contributed by atoms with Crippen LogP contribution in [0.25, 0.3) is 0 Å². The first-order valence-electron chi connectivity index (χ1n) is 8.92. The van der Waals surface area contributed by atoms with E-state index in [1.807, 2.05) is 52.4 Å². The van der Waals surface area contributed by atoms with Crippen LogP contribution in [0.3, 0.4) is 0 Å². The number of hydrogen-bond donors (Lipinski definition) is 3. The van der Waals surface area contributed by atoms with Crippen LogP contribution in [-0.2, 0) is 4.79 Å². The molecule has 7 heteroatoms. The van der Waals surface area contributed by atoms with Crippen LogP contribution in [0.5, 0.6) is 0 Å². The zero-order valence-corrected chi connectivity index (χ0v) is 17.3. The minimum Gasteiger partial charge on any atom is -0.336 e. The Kier molecular flexibility index (Phi) is 7.38. The Morgan fingerprint density at radius 3 is 2.48 bits per heavy atom. The van der Waals surface area contributed by atoms with E-state index in [0.29, 0.717) is 17.9 Å². The molecule has 27 heavy (non-hydrogen) atoms. The van der Waals surface area contributed by atoms with Crippen molar-refractivity contribution in [1.29, 1.82) is 0 Å². The third-order valence-electron chi connectivity index (χ3n) is 4.28. The molecular weight excluding hydrogens is 360 g/mol. The zero-order valence-electron chi connectivity index (χ0n) is 16.5. The molecule has 3 amide bonds. The van der Waals surface area contributed by atoms with E-state index in [0.717, 1.165) is 5.56 Å². The highest BCUT2D eigenvalue weighted by Crippen LogP contribution is 2.22. The number of amides is 3. The number of carbonyl (C=O) groups is 2. The molecule has 0 aliphatic carbocycles. The molecule has 0 radical (unpaired) electrons. The molecule has 0 aliphatic rings. The highest BCUT2D eigenvalue weighted by molar-refractivity contribution is 7.07. The largest absolute Gasteiger partial charge is 0.336 e. The number of likely N-dealkylation sites (N-methyl/N-ethyl adjacent to an activating group) is 1. The Hall–Kier alpha value is -2.38. The standard InChI is InChI=1S/C20H28N4O2S/c1-13(2)19(25)22-16-7-6-14(3)17(10-16)23-20(26)21-11-18(24(4)5)15-8-9-27-12-15/h6-10,12-13,18H,11H2,1-5H3,(H,22,25)(H2,21,23,26)/t18-/m1/s1. The molecule has 0 fully saturated rings. The van der Waals surface area contributed by atoms with Gasteiger partial charge in [0.25, 0.3) is 0 Å². The number of aryl methyl sites for hydroxylation is 1. The topological polar surface area (TPSA) is 73.5 Å². The van der Waals surface area contributed by atoms with E-state index in [9.17, 15) is 9.59 Å². The van der Waals surface area contributed by atoms with Crippen molar-refractivity contribution in [2.45, 2.75) is 26.8 Å². The summed E-state index contributed by atoms with van der Waals surface area (Å²) >= 11 is 1.64. The molecule has 0 aliphatic heterocycles. The van der Waals surface area contributed by atoms with E-state index in [4.69, 9.17) is 0 Å². The van der Waals surface area contributed by atoms with Crippen molar-refractivity contribution in [2.75, 3.05) is 31.3 Å². The predicted molar refractivity (Wildman–Crippen MR) is 112 cm³/mol. The minimum atomic E-state index is -0.271. The maximum absolute atomic E-state index is 12.4. The highest BCUT2D eigenvalue weighted by atomic mass is 32.1. The maximum atomic E-state index is 12.4. The van der Waals surface area contributed by atoms with Crippen LogP contribution in [0.1, 0.15) is 31.0 Å². The fraction of sp³-hybridized carbons (Fsp3) is 0.400. The predicted octanol–water partition coefficient (Wildman–Crippen LogP) is 4.08. The second-order valence-electron chi connectivity index (χ2n) is 7.04. The second kappa shape index (κ2) is 9.53. The molecule has 0 bridgehead atoms. The average Bonchev–Trinajstić information content (AvgIpc) is 3.11. The van der Waals surface area contributed by atoms with Gasteiger partial charge in [0, 0.05) is 23.8 Å². The van der Waals surface area contributed by atoms with Crippen LogP contribution in [0, 0.1) is 12.8 Å². The van der Waals surface area contributed by atoms with Gasteiger partial charge < -0.3 is 20.9 Å². The molecule has 2 aromatic rings. The molecular formula is C20H28N4O2S. The van der Waals surface area contributed by atoms with Gasteiger partial charge in [-0.25, -0.2) is 4.79 Å². The minimum absolute atomic E-state index is 0.0566. The van der Waals surface area contributed by atoms with Gasteiger partial charge in [0.2, 0.25) is 5.91 Å². The van der Waals surface area contributed by atoms with Crippen LogP contribution in [-0.4, -0.2) is 37.5 Å². The smallest absolute Gasteiger partial charge is 0.319 e. The third kappa shape index (κ3) is 6.08. The van der Waals surface area contributed by atoms with Crippen molar-refractivity contribution in [3.05, 3.63) is 46.2 Å². The average molecular weight is 389 g/mol. The highest BCUT2D eigenvalue weighted by Gasteiger charge is 2.16. The summed E-state index contributed by atoms with van der Waals surface area (Å²) in [4.78, 5) is 26.3. The first-order chi connectivity index (χ1) is 12.8. The summed E-state index contributed by atoms with van der Waals surface area (Å²) in [6, 6.07) is 7.39. The van der Waals surface area contributed by atoms with Crippen LogP contribution in [0.4, 0.5) is 16.2 Å². The van der Waals surface area contributed by atoms with Crippen molar-refractivity contribution in [3.8, 4) is 0 Å². The number of nitrogens with zero attached hydrogens (tertiary/aromatic N) is 1. The van der Waals surface area contributed by atoms with Gasteiger partial charge in [0.15, 0.2) is 0 Å². The Labute approximate surface area is 165 Å². The lowest BCUT2D eigenvalue weighted by Gasteiger charge is -2.24. The normalized spacial score (nSPS) is 12.1. The van der Waals surface area contributed by atoms with E-state index in [2.05, 4.69) is 32.3 Å². The number of nitrogens with one attached hydrogen (secondary N) is 3. The van der Waals surface area contributed by atoms with Crippen LogP contribution in [0.15, 0.2) is 35.0 Å². The van der Waals surface area contributed by atoms with Gasteiger partial charge >= 0.3 is 6.03 Å². The molecule has 0 saturated carbocycles.